The van der Waals surface area contributed by atoms with Gasteiger partial charge in [0.2, 0.25) is 0 Å². The van der Waals surface area contributed by atoms with E-state index in [4.69, 9.17) is 4.74 Å². The smallest absolute Gasteiger partial charge is 0.0671 e. The minimum absolute atomic E-state index is 0.328. The van der Waals surface area contributed by atoms with Crippen LogP contribution >= 0.6 is 0 Å². The van der Waals surface area contributed by atoms with Gasteiger partial charge in [-0.1, -0.05) is 13.8 Å². The van der Waals surface area contributed by atoms with Crippen molar-refractivity contribution in [3.05, 3.63) is 0 Å². The Balaban J connectivity index is 2.23. The Hall–Kier alpha value is -0.0800. The van der Waals surface area contributed by atoms with E-state index in [2.05, 4.69) is 32.7 Å². The second-order valence-corrected chi connectivity index (χ2v) is 4.59. The van der Waals surface area contributed by atoms with E-state index in [1.807, 2.05) is 0 Å². The van der Waals surface area contributed by atoms with Crippen LogP contribution in [0.5, 0.6) is 0 Å². The van der Waals surface area contributed by atoms with E-state index in [9.17, 15) is 0 Å². The molecule has 0 saturated carbocycles. The van der Waals surface area contributed by atoms with Crippen molar-refractivity contribution >= 4 is 0 Å². The first kappa shape index (κ1) is 10.0. The molecule has 1 heterocycles. The van der Waals surface area contributed by atoms with E-state index >= 15 is 0 Å². The molecule has 0 amide bonds. The number of nitrogens with zero attached hydrogens (tertiary/aromatic N) is 1. The van der Waals surface area contributed by atoms with Gasteiger partial charge in [-0.2, -0.15) is 0 Å². The summed E-state index contributed by atoms with van der Waals surface area (Å²) in [5.41, 5.74) is 0.328. The Morgan fingerprint density at radius 2 is 2.00 bits per heavy atom. The molecule has 0 aliphatic carbocycles. The van der Waals surface area contributed by atoms with E-state index in [-0.39, 0.29) is 0 Å². The Kier molecular flexibility index (Phi) is 3.13. The number of likely N-dealkylation sites (N-methyl/N-ethyl adjacent to an activating group) is 1. The van der Waals surface area contributed by atoms with Crippen molar-refractivity contribution in [1.29, 1.82) is 0 Å². The third-order valence-corrected chi connectivity index (χ3v) is 2.79. The van der Waals surface area contributed by atoms with Crippen molar-refractivity contribution in [1.82, 2.24) is 4.90 Å². The lowest BCUT2D eigenvalue weighted by Gasteiger charge is -2.45. The lowest BCUT2D eigenvalue weighted by molar-refractivity contribution is -0.122. The van der Waals surface area contributed by atoms with Gasteiger partial charge < -0.3 is 4.74 Å². The molecule has 72 valence electrons. The van der Waals surface area contributed by atoms with Gasteiger partial charge in [0.1, 0.15) is 0 Å². The van der Waals surface area contributed by atoms with Gasteiger partial charge in [-0.15, -0.1) is 0 Å². The van der Waals surface area contributed by atoms with Gasteiger partial charge in [-0.3, -0.25) is 4.90 Å². The zero-order chi connectivity index (χ0) is 9.19. The van der Waals surface area contributed by atoms with E-state index in [0.29, 0.717) is 5.54 Å². The van der Waals surface area contributed by atoms with Crippen LogP contribution in [0.15, 0.2) is 0 Å². The summed E-state index contributed by atoms with van der Waals surface area (Å²) in [5.74, 6) is 0.803. The Bertz CT molecular complexity index is 141. The largest absolute Gasteiger partial charge is 0.377 e. The Labute approximate surface area is 75.9 Å². The topological polar surface area (TPSA) is 12.5 Å². The molecular formula is C10H21NO. The summed E-state index contributed by atoms with van der Waals surface area (Å²) in [4.78, 5) is 2.43. The Morgan fingerprint density at radius 1 is 1.42 bits per heavy atom. The minimum Gasteiger partial charge on any atom is -0.377 e. The van der Waals surface area contributed by atoms with Crippen LogP contribution < -0.4 is 0 Å². The van der Waals surface area contributed by atoms with Crippen LogP contribution in [0.25, 0.3) is 0 Å². The normalized spacial score (nSPS) is 21.5. The third kappa shape index (κ3) is 2.20. The molecule has 1 saturated heterocycles. The standard InChI is InChI=1S/C10H21NO/c1-9(2)5-6-11(4)10(3)7-12-8-10/h9H,5-8H2,1-4H3. The van der Waals surface area contributed by atoms with E-state index in [1.165, 1.54) is 13.0 Å². The summed E-state index contributed by atoms with van der Waals surface area (Å²) in [6.45, 7) is 9.82. The maximum atomic E-state index is 5.22. The fraction of sp³-hybridized carbons (Fsp3) is 1.00. The number of ether oxygens (including phenoxy) is 1. The maximum Gasteiger partial charge on any atom is 0.0671 e. The van der Waals surface area contributed by atoms with Crippen LogP contribution in [0.1, 0.15) is 27.2 Å². The van der Waals surface area contributed by atoms with E-state index in [0.717, 1.165) is 19.1 Å². The lowest BCUT2D eigenvalue weighted by atomic mass is 9.97. The molecule has 0 unspecified atom stereocenters. The number of rotatable bonds is 4. The average Bonchev–Trinajstić information content (AvgIpc) is 1.95. The van der Waals surface area contributed by atoms with Crippen LogP contribution in [0, 0.1) is 5.92 Å². The molecule has 0 N–H and O–H groups in total. The third-order valence-electron chi connectivity index (χ3n) is 2.79. The molecule has 1 fully saturated rings. The molecule has 12 heavy (non-hydrogen) atoms. The van der Waals surface area contributed by atoms with Gasteiger partial charge in [0, 0.05) is 0 Å². The van der Waals surface area contributed by atoms with Crippen molar-refractivity contribution in [2.24, 2.45) is 5.92 Å². The molecule has 0 bridgehead atoms. The van der Waals surface area contributed by atoms with E-state index in [1.54, 1.807) is 0 Å². The molecule has 0 aromatic rings. The van der Waals surface area contributed by atoms with Gasteiger partial charge in [-0.05, 0) is 32.9 Å². The zero-order valence-corrected chi connectivity index (χ0v) is 8.76. The molecule has 0 aromatic carbocycles. The highest BCUT2D eigenvalue weighted by molar-refractivity contribution is 4.90. The van der Waals surface area contributed by atoms with Crippen LogP contribution in [-0.2, 0) is 4.74 Å². The van der Waals surface area contributed by atoms with Gasteiger partial charge in [-0.25, -0.2) is 0 Å². The first-order valence-electron chi connectivity index (χ1n) is 4.83. The fourth-order valence-electron chi connectivity index (χ4n) is 1.34. The highest BCUT2D eigenvalue weighted by Gasteiger charge is 2.36. The SMILES string of the molecule is CC(C)CCN(C)C1(C)COC1. The highest BCUT2D eigenvalue weighted by atomic mass is 16.5. The molecule has 2 heteroatoms. The van der Waals surface area contributed by atoms with Crippen molar-refractivity contribution in [3.8, 4) is 0 Å². The Morgan fingerprint density at radius 3 is 2.33 bits per heavy atom. The minimum atomic E-state index is 0.328. The molecular weight excluding hydrogens is 150 g/mol. The van der Waals surface area contributed by atoms with Crippen LogP contribution in [0.3, 0.4) is 0 Å². The monoisotopic (exact) mass is 171 g/mol. The first-order valence-corrected chi connectivity index (χ1v) is 4.83. The second kappa shape index (κ2) is 3.75. The first-order chi connectivity index (χ1) is 5.54. The molecule has 0 radical (unpaired) electrons. The highest BCUT2D eigenvalue weighted by Crippen LogP contribution is 2.23. The quantitative estimate of drug-likeness (QED) is 0.639. The molecule has 1 aliphatic rings. The lowest BCUT2D eigenvalue weighted by Crippen LogP contribution is -2.58. The summed E-state index contributed by atoms with van der Waals surface area (Å²) in [6.07, 6.45) is 1.28. The van der Waals surface area contributed by atoms with E-state index < -0.39 is 0 Å². The predicted octanol–water partition coefficient (Wildman–Crippen LogP) is 1.75. The predicted molar refractivity (Wildman–Crippen MR) is 51.3 cm³/mol. The summed E-state index contributed by atoms with van der Waals surface area (Å²) in [6, 6.07) is 0. The van der Waals surface area contributed by atoms with Gasteiger partial charge in [0.15, 0.2) is 0 Å². The molecule has 0 aromatic heterocycles. The molecule has 2 nitrogen and oxygen atoms in total. The van der Waals surface area contributed by atoms with Crippen molar-refractivity contribution < 1.29 is 4.74 Å². The molecule has 0 spiro atoms. The second-order valence-electron chi connectivity index (χ2n) is 4.59. The van der Waals surface area contributed by atoms with Gasteiger partial charge >= 0.3 is 0 Å². The van der Waals surface area contributed by atoms with Crippen LogP contribution in [0.2, 0.25) is 0 Å². The van der Waals surface area contributed by atoms with Crippen molar-refractivity contribution in [2.75, 3.05) is 26.8 Å². The molecule has 1 rings (SSSR count). The number of hydrogen-bond donors (Lipinski definition) is 0. The average molecular weight is 171 g/mol. The fourth-order valence-corrected chi connectivity index (χ4v) is 1.34. The summed E-state index contributed by atoms with van der Waals surface area (Å²) in [5, 5.41) is 0. The van der Waals surface area contributed by atoms with Crippen LogP contribution in [-0.4, -0.2) is 37.2 Å². The van der Waals surface area contributed by atoms with Crippen molar-refractivity contribution in [2.45, 2.75) is 32.7 Å². The summed E-state index contributed by atoms with van der Waals surface area (Å²) in [7, 11) is 2.20. The van der Waals surface area contributed by atoms with Gasteiger partial charge in [0.25, 0.3) is 0 Å². The zero-order valence-electron chi connectivity index (χ0n) is 8.76. The number of hydrogen-bond acceptors (Lipinski definition) is 2. The summed E-state index contributed by atoms with van der Waals surface area (Å²) >= 11 is 0. The van der Waals surface area contributed by atoms with Gasteiger partial charge in [0.05, 0.1) is 18.8 Å². The van der Waals surface area contributed by atoms with Crippen LogP contribution in [0.4, 0.5) is 0 Å². The molecule has 0 atom stereocenters. The molecule has 1 aliphatic heterocycles. The maximum absolute atomic E-state index is 5.22. The van der Waals surface area contributed by atoms with Crippen molar-refractivity contribution in [3.63, 3.8) is 0 Å². The summed E-state index contributed by atoms with van der Waals surface area (Å²) < 4.78 is 5.22.